The SMILES string of the molecule is CCCCCCCCCCCCC(O)CCC1CC2C(CC23OCCO3)C1O. The van der Waals surface area contributed by atoms with Crippen LogP contribution in [0.4, 0.5) is 0 Å². The molecule has 28 heavy (non-hydrogen) atoms. The van der Waals surface area contributed by atoms with Gasteiger partial charge in [-0.15, -0.1) is 0 Å². The molecule has 0 aromatic rings. The van der Waals surface area contributed by atoms with E-state index in [4.69, 9.17) is 9.47 Å². The molecule has 0 radical (unpaired) electrons. The van der Waals surface area contributed by atoms with Crippen LogP contribution in [0.15, 0.2) is 0 Å². The summed E-state index contributed by atoms with van der Waals surface area (Å²) in [6, 6.07) is 0. The zero-order valence-electron chi connectivity index (χ0n) is 18.1. The molecule has 3 fully saturated rings. The van der Waals surface area contributed by atoms with E-state index in [2.05, 4.69) is 6.92 Å². The molecule has 5 atom stereocenters. The van der Waals surface area contributed by atoms with Crippen molar-refractivity contribution in [3.63, 3.8) is 0 Å². The molecule has 0 aromatic heterocycles. The first kappa shape index (κ1) is 22.5. The third kappa shape index (κ3) is 5.71. The van der Waals surface area contributed by atoms with Gasteiger partial charge in [0.25, 0.3) is 0 Å². The Balaban J connectivity index is 1.19. The summed E-state index contributed by atoms with van der Waals surface area (Å²) in [5.74, 6) is 0.663. The monoisotopic (exact) mass is 396 g/mol. The zero-order chi connectivity index (χ0) is 19.8. The molecular formula is C24H44O4. The van der Waals surface area contributed by atoms with Gasteiger partial charge in [0.15, 0.2) is 5.79 Å². The number of fused-ring (bicyclic) bond motifs is 2. The van der Waals surface area contributed by atoms with E-state index in [-0.39, 0.29) is 18.0 Å². The van der Waals surface area contributed by atoms with Crippen LogP contribution in [0.1, 0.15) is 103 Å². The Hall–Kier alpha value is -0.160. The molecule has 1 saturated heterocycles. The molecule has 2 N–H and O–H groups in total. The van der Waals surface area contributed by atoms with Gasteiger partial charge in [-0.25, -0.2) is 0 Å². The molecule has 0 bridgehead atoms. The van der Waals surface area contributed by atoms with Crippen LogP contribution in [0.25, 0.3) is 0 Å². The summed E-state index contributed by atoms with van der Waals surface area (Å²) in [6.07, 6.45) is 17.5. The lowest BCUT2D eigenvalue weighted by molar-refractivity contribution is -0.275. The van der Waals surface area contributed by atoms with Gasteiger partial charge >= 0.3 is 0 Å². The Bertz CT molecular complexity index is 434. The minimum absolute atomic E-state index is 0.201. The molecule has 2 saturated carbocycles. The van der Waals surface area contributed by atoms with Gasteiger partial charge in [-0.05, 0) is 37.5 Å². The molecule has 2 aliphatic carbocycles. The predicted molar refractivity (Wildman–Crippen MR) is 112 cm³/mol. The fourth-order valence-corrected chi connectivity index (χ4v) is 5.83. The van der Waals surface area contributed by atoms with Crippen LogP contribution in [0.3, 0.4) is 0 Å². The Morgan fingerprint density at radius 1 is 0.893 bits per heavy atom. The molecule has 3 rings (SSSR count). The van der Waals surface area contributed by atoms with Crippen molar-refractivity contribution in [2.45, 2.75) is 121 Å². The highest BCUT2D eigenvalue weighted by Gasteiger charge is 2.64. The third-order valence-corrected chi connectivity index (χ3v) is 7.62. The smallest absolute Gasteiger partial charge is 0.172 e. The average molecular weight is 397 g/mol. The van der Waals surface area contributed by atoms with Crippen molar-refractivity contribution >= 4 is 0 Å². The second-order valence-electron chi connectivity index (χ2n) is 9.67. The van der Waals surface area contributed by atoms with Crippen LogP contribution in [-0.4, -0.2) is 41.4 Å². The lowest BCUT2D eigenvalue weighted by Gasteiger charge is -2.48. The average Bonchev–Trinajstić information content (AvgIpc) is 3.27. The third-order valence-electron chi connectivity index (χ3n) is 7.62. The number of rotatable bonds is 14. The summed E-state index contributed by atoms with van der Waals surface area (Å²) in [6.45, 7) is 3.66. The molecule has 0 amide bonds. The van der Waals surface area contributed by atoms with Gasteiger partial charge in [-0.2, -0.15) is 0 Å². The highest BCUT2D eigenvalue weighted by Crippen LogP contribution is 2.59. The van der Waals surface area contributed by atoms with E-state index in [9.17, 15) is 10.2 Å². The van der Waals surface area contributed by atoms with E-state index in [0.29, 0.717) is 31.0 Å². The van der Waals surface area contributed by atoms with Crippen molar-refractivity contribution < 1.29 is 19.7 Å². The Morgan fingerprint density at radius 2 is 1.50 bits per heavy atom. The summed E-state index contributed by atoms with van der Waals surface area (Å²) < 4.78 is 11.7. The fraction of sp³-hybridized carbons (Fsp3) is 1.00. The number of unbranched alkanes of at least 4 members (excludes halogenated alkanes) is 9. The first-order valence-corrected chi connectivity index (χ1v) is 12.3. The van der Waals surface area contributed by atoms with Crippen LogP contribution < -0.4 is 0 Å². The van der Waals surface area contributed by atoms with Crippen LogP contribution >= 0.6 is 0 Å². The second kappa shape index (κ2) is 11.3. The lowest BCUT2D eigenvalue weighted by Crippen LogP contribution is -2.54. The quantitative estimate of drug-likeness (QED) is 0.396. The molecule has 3 aliphatic rings. The van der Waals surface area contributed by atoms with E-state index in [1.807, 2.05) is 0 Å². The normalized spacial score (nSPS) is 31.8. The highest BCUT2D eigenvalue weighted by atomic mass is 16.7. The maximum absolute atomic E-state index is 10.6. The molecule has 4 heteroatoms. The van der Waals surface area contributed by atoms with Crippen molar-refractivity contribution in [3.8, 4) is 0 Å². The number of aliphatic hydroxyl groups excluding tert-OH is 2. The molecule has 1 aliphatic heterocycles. The Morgan fingerprint density at radius 3 is 2.14 bits per heavy atom. The topological polar surface area (TPSA) is 58.9 Å². The van der Waals surface area contributed by atoms with Crippen LogP contribution in [0.5, 0.6) is 0 Å². The first-order chi connectivity index (χ1) is 13.7. The fourth-order valence-electron chi connectivity index (χ4n) is 5.83. The molecule has 164 valence electrons. The van der Waals surface area contributed by atoms with E-state index >= 15 is 0 Å². The summed E-state index contributed by atoms with van der Waals surface area (Å²) in [7, 11) is 0. The van der Waals surface area contributed by atoms with Gasteiger partial charge in [0.05, 0.1) is 25.4 Å². The van der Waals surface area contributed by atoms with Crippen LogP contribution in [0.2, 0.25) is 0 Å². The lowest BCUT2D eigenvalue weighted by atomic mass is 9.69. The maximum atomic E-state index is 10.6. The number of hydrogen-bond acceptors (Lipinski definition) is 4. The molecule has 1 heterocycles. The zero-order valence-corrected chi connectivity index (χ0v) is 18.1. The van der Waals surface area contributed by atoms with E-state index < -0.39 is 0 Å². The van der Waals surface area contributed by atoms with Crippen molar-refractivity contribution in [1.82, 2.24) is 0 Å². The molecular weight excluding hydrogens is 352 g/mol. The highest BCUT2D eigenvalue weighted by molar-refractivity contribution is 5.08. The van der Waals surface area contributed by atoms with Gasteiger partial charge in [0, 0.05) is 12.3 Å². The second-order valence-corrected chi connectivity index (χ2v) is 9.67. The molecule has 0 aromatic carbocycles. The van der Waals surface area contributed by atoms with Crippen molar-refractivity contribution in [3.05, 3.63) is 0 Å². The summed E-state index contributed by atoms with van der Waals surface area (Å²) in [4.78, 5) is 0. The minimum Gasteiger partial charge on any atom is -0.393 e. The molecule has 1 spiro atoms. The Labute approximate surface area is 172 Å². The van der Waals surface area contributed by atoms with Gasteiger partial charge in [-0.1, -0.05) is 71.1 Å². The van der Waals surface area contributed by atoms with Crippen LogP contribution in [0, 0.1) is 17.8 Å². The van der Waals surface area contributed by atoms with Gasteiger partial charge in [0.2, 0.25) is 0 Å². The van der Waals surface area contributed by atoms with Gasteiger partial charge < -0.3 is 19.7 Å². The number of hydrogen-bond donors (Lipinski definition) is 2. The van der Waals surface area contributed by atoms with Crippen molar-refractivity contribution in [1.29, 1.82) is 0 Å². The maximum Gasteiger partial charge on any atom is 0.172 e. The van der Waals surface area contributed by atoms with Crippen LogP contribution in [-0.2, 0) is 9.47 Å². The van der Waals surface area contributed by atoms with E-state index in [0.717, 1.165) is 38.5 Å². The molecule has 4 nitrogen and oxygen atoms in total. The summed E-state index contributed by atoms with van der Waals surface area (Å²) in [5.41, 5.74) is 0. The van der Waals surface area contributed by atoms with Crippen molar-refractivity contribution in [2.75, 3.05) is 13.2 Å². The van der Waals surface area contributed by atoms with Gasteiger partial charge in [0.1, 0.15) is 0 Å². The summed E-state index contributed by atoms with van der Waals surface area (Å²) >= 11 is 0. The first-order valence-electron chi connectivity index (χ1n) is 12.3. The molecule has 5 unspecified atom stereocenters. The predicted octanol–water partition coefficient (Wildman–Crippen LogP) is 5.20. The van der Waals surface area contributed by atoms with E-state index in [1.165, 1.54) is 57.8 Å². The number of ether oxygens (including phenoxy) is 2. The largest absolute Gasteiger partial charge is 0.393 e. The van der Waals surface area contributed by atoms with Gasteiger partial charge in [-0.3, -0.25) is 0 Å². The standard InChI is InChI=1S/C24H44O4/c1-2-3-4-5-6-7-8-9-10-11-12-20(25)14-13-19-17-22-21(23(19)26)18-24(22)27-15-16-28-24/h19-23,25-26H,2-18H2,1H3. The summed E-state index contributed by atoms with van der Waals surface area (Å²) in [5, 5.41) is 20.9. The van der Waals surface area contributed by atoms with E-state index in [1.54, 1.807) is 0 Å². The number of aliphatic hydroxyl groups is 2. The minimum atomic E-state index is -0.366. The Kier molecular flexibility index (Phi) is 9.08. The van der Waals surface area contributed by atoms with Crippen molar-refractivity contribution in [2.24, 2.45) is 17.8 Å².